The molecule has 0 saturated heterocycles. The summed E-state index contributed by atoms with van der Waals surface area (Å²) in [6, 6.07) is 1.65. The van der Waals surface area contributed by atoms with E-state index in [0.29, 0.717) is 4.88 Å². The van der Waals surface area contributed by atoms with Gasteiger partial charge in [0.1, 0.15) is 0 Å². The van der Waals surface area contributed by atoms with E-state index in [2.05, 4.69) is 37.2 Å². The Morgan fingerprint density at radius 2 is 2.27 bits per heavy atom. The monoisotopic (exact) mass is 361 g/mol. The maximum atomic E-state index is 12.4. The van der Waals surface area contributed by atoms with Crippen molar-refractivity contribution >= 4 is 49.1 Å². The van der Waals surface area contributed by atoms with Gasteiger partial charge in [0.05, 0.1) is 15.2 Å². The molecule has 0 fully saturated rings. The SMILES string of the molecule is Cc1cc(C(=O)NCC(F)(F)Br)sc1Br. The van der Waals surface area contributed by atoms with Gasteiger partial charge in [0.15, 0.2) is 0 Å². The number of carbonyl (C=O) groups is 1. The van der Waals surface area contributed by atoms with Crippen LogP contribution in [0.25, 0.3) is 0 Å². The Hall–Kier alpha value is -0.0100. The van der Waals surface area contributed by atoms with Gasteiger partial charge < -0.3 is 5.32 Å². The van der Waals surface area contributed by atoms with Crippen molar-refractivity contribution in [3.05, 3.63) is 20.3 Å². The summed E-state index contributed by atoms with van der Waals surface area (Å²) in [7, 11) is 0. The summed E-state index contributed by atoms with van der Waals surface area (Å²) in [5.41, 5.74) is 0.913. The molecule has 0 aliphatic rings. The van der Waals surface area contributed by atoms with Gasteiger partial charge >= 0.3 is 4.83 Å². The standard InChI is InChI=1S/C8H7Br2F2NOS/c1-4-2-5(15-6(4)9)7(14)13-3-8(10,11)12/h2H,3H2,1H3,(H,13,14). The highest BCUT2D eigenvalue weighted by atomic mass is 79.9. The minimum atomic E-state index is -3.06. The Kier molecular flexibility index (Phi) is 4.25. The molecule has 0 aromatic carbocycles. The highest BCUT2D eigenvalue weighted by molar-refractivity contribution is 9.11. The van der Waals surface area contributed by atoms with Crippen molar-refractivity contribution in [1.29, 1.82) is 0 Å². The molecule has 0 saturated carbocycles. The highest BCUT2D eigenvalue weighted by Gasteiger charge is 2.25. The molecule has 1 aromatic heterocycles. The number of rotatable bonds is 3. The first-order chi connectivity index (χ1) is 6.79. The number of halogens is 4. The van der Waals surface area contributed by atoms with Crippen LogP contribution >= 0.6 is 43.2 Å². The van der Waals surface area contributed by atoms with E-state index >= 15 is 0 Å². The summed E-state index contributed by atoms with van der Waals surface area (Å²) in [5, 5.41) is 2.13. The topological polar surface area (TPSA) is 29.1 Å². The van der Waals surface area contributed by atoms with Crippen LogP contribution in [0.4, 0.5) is 8.78 Å². The largest absolute Gasteiger partial charge is 0.344 e. The maximum Gasteiger partial charge on any atom is 0.318 e. The lowest BCUT2D eigenvalue weighted by molar-refractivity contribution is 0.0839. The van der Waals surface area contributed by atoms with E-state index in [4.69, 9.17) is 0 Å². The molecule has 0 bridgehead atoms. The van der Waals surface area contributed by atoms with Gasteiger partial charge in [-0.2, -0.15) is 8.78 Å². The third-order valence-corrected chi connectivity index (χ3v) is 3.95. The zero-order valence-electron chi connectivity index (χ0n) is 7.61. The Morgan fingerprint density at radius 1 is 1.67 bits per heavy atom. The lowest BCUT2D eigenvalue weighted by Crippen LogP contribution is -2.32. The van der Waals surface area contributed by atoms with Crippen molar-refractivity contribution in [1.82, 2.24) is 5.32 Å². The smallest absolute Gasteiger partial charge is 0.318 e. The van der Waals surface area contributed by atoms with Crippen molar-refractivity contribution in [2.75, 3.05) is 6.54 Å². The van der Waals surface area contributed by atoms with Gasteiger partial charge in [-0.05, 0) is 50.4 Å². The Morgan fingerprint density at radius 3 is 2.67 bits per heavy atom. The van der Waals surface area contributed by atoms with E-state index in [-0.39, 0.29) is 0 Å². The third-order valence-electron chi connectivity index (χ3n) is 1.53. The number of thiophene rings is 1. The van der Waals surface area contributed by atoms with E-state index < -0.39 is 17.3 Å². The van der Waals surface area contributed by atoms with Crippen molar-refractivity contribution < 1.29 is 13.6 Å². The minimum Gasteiger partial charge on any atom is -0.344 e. The molecule has 1 rings (SSSR count). The predicted octanol–water partition coefficient (Wildman–Crippen LogP) is 3.54. The number of nitrogens with one attached hydrogen (secondary N) is 1. The van der Waals surface area contributed by atoms with E-state index in [1.54, 1.807) is 6.07 Å². The fourth-order valence-electron chi connectivity index (χ4n) is 0.839. The molecule has 1 aromatic rings. The Labute approximate surface area is 106 Å². The number of alkyl halides is 3. The average molecular weight is 363 g/mol. The van der Waals surface area contributed by atoms with Gasteiger partial charge in [0, 0.05) is 0 Å². The van der Waals surface area contributed by atoms with Crippen LogP contribution < -0.4 is 5.32 Å². The average Bonchev–Trinajstić information content (AvgIpc) is 2.42. The molecule has 2 nitrogen and oxygen atoms in total. The molecule has 0 aliphatic heterocycles. The summed E-state index contributed by atoms with van der Waals surface area (Å²) < 4.78 is 25.6. The van der Waals surface area contributed by atoms with Crippen LogP contribution in [0.5, 0.6) is 0 Å². The molecule has 0 spiro atoms. The van der Waals surface area contributed by atoms with Gasteiger partial charge in [-0.3, -0.25) is 4.79 Å². The number of aryl methyl sites for hydroxylation is 1. The van der Waals surface area contributed by atoms with Crippen molar-refractivity contribution in [3.63, 3.8) is 0 Å². The second kappa shape index (κ2) is 4.88. The molecule has 0 unspecified atom stereocenters. The Bertz CT molecular complexity index is 356. The van der Waals surface area contributed by atoms with E-state index in [1.807, 2.05) is 6.92 Å². The van der Waals surface area contributed by atoms with Crippen LogP contribution in [0.3, 0.4) is 0 Å². The van der Waals surface area contributed by atoms with Gasteiger partial charge in [0.2, 0.25) is 0 Å². The maximum absolute atomic E-state index is 12.4. The third kappa shape index (κ3) is 4.16. The van der Waals surface area contributed by atoms with Crippen molar-refractivity contribution in [2.24, 2.45) is 0 Å². The van der Waals surface area contributed by atoms with Crippen molar-refractivity contribution in [3.8, 4) is 0 Å². The molecule has 84 valence electrons. The van der Waals surface area contributed by atoms with Gasteiger partial charge in [0.25, 0.3) is 5.91 Å². The molecule has 0 atom stereocenters. The van der Waals surface area contributed by atoms with Crippen LogP contribution in [0.1, 0.15) is 15.2 Å². The lowest BCUT2D eigenvalue weighted by atomic mass is 10.3. The minimum absolute atomic E-state index is 0.413. The molecular weight excluding hydrogens is 356 g/mol. The lowest BCUT2D eigenvalue weighted by Gasteiger charge is -2.08. The zero-order valence-corrected chi connectivity index (χ0v) is 11.6. The van der Waals surface area contributed by atoms with Crippen LogP contribution in [-0.2, 0) is 0 Å². The normalized spacial score (nSPS) is 11.5. The summed E-state index contributed by atoms with van der Waals surface area (Å²) >= 11 is 6.62. The van der Waals surface area contributed by atoms with Crippen LogP contribution in [0, 0.1) is 6.92 Å². The molecule has 1 amide bonds. The van der Waals surface area contributed by atoms with Crippen LogP contribution in [-0.4, -0.2) is 17.3 Å². The summed E-state index contributed by atoms with van der Waals surface area (Å²) in [6.07, 6.45) is 0. The highest BCUT2D eigenvalue weighted by Crippen LogP contribution is 2.27. The second-order valence-corrected chi connectivity index (χ2v) is 6.40. The molecule has 1 N–H and O–H groups in total. The summed E-state index contributed by atoms with van der Waals surface area (Å²) in [5.74, 6) is -0.493. The summed E-state index contributed by atoms with van der Waals surface area (Å²) in [6.45, 7) is 1.11. The Balaban J connectivity index is 2.62. The molecule has 1 heterocycles. The number of hydrogen-bond donors (Lipinski definition) is 1. The quantitative estimate of drug-likeness (QED) is 0.819. The van der Waals surface area contributed by atoms with Gasteiger partial charge in [-0.1, -0.05) is 0 Å². The molecule has 0 radical (unpaired) electrons. The summed E-state index contributed by atoms with van der Waals surface area (Å²) in [4.78, 5) is 8.73. The fourth-order valence-corrected chi connectivity index (χ4v) is 2.43. The predicted molar refractivity (Wildman–Crippen MR) is 63.0 cm³/mol. The van der Waals surface area contributed by atoms with E-state index in [1.165, 1.54) is 11.3 Å². The number of hydrogen-bond acceptors (Lipinski definition) is 2. The first kappa shape index (κ1) is 13.1. The molecular formula is C8H7Br2F2NOS. The second-order valence-electron chi connectivity index (χ2n) is 2.87. The van der Waals surface area contributed by atoms with Crippen molar-refractivity contribution in [2.45, 2.75) is 11.8 Å². The van der Waals surface area contributed by atoms with Crippen LogP contribution in [0.15, 0.2) is 9.85 Å². The molecule has 0 aliphatic carbocycles. The van der Waals surface area contributed by atoms with Gasteiger partial charge in [-0.25, -0.2) is 0 Å². The van der Waals surface area contributed by atoms with E-state index in [9.17, 15) is 13.6 Å². The van der Waals surface area contributed by atoms with Crippen LogP contribution in [0.2, 0.25) is 0 Å². The van der Waals surface area contributed by atoms with E-state index in [0.717, 1.165) is 9.35 Å². The fraction of sp³-hybridized carbons (Fsp3) is 0.375. The van der Waals surface area contributed by atoms with Gasteiger partial charge in [-0.15, -0.1) is 11.3 Å². The zero-order chi connectivity index (χ0) is 11.6. The number of amides is 1. The molecule has 15 heavy (non-hydrogen) atoms. The number of carbonyl (C=O) groups excluding carboxylic acids is 1. The molecule has 7 heteroatoms. The first-order valence-electron chi connectivity index (χ1n) is 3.90. The first-order valence-corrected chi connectivity index (χ1v) is 6.31.